The zero-order valence-electron chi connectivity index (χ0n) is 15.7. The van der Waals surface area contributed by atoms with Gasteiger partial charge in [-0.05, 0) is 73.6 Å². The molecule has 0 heterocycles. The van der Waals surface area contributed by atoms with Crippen LogP contribution < -0.4 is 9.47 Å². The molecule has 2 aromatic carbocycles. The first-order chi connectivity index (χ1) is 12.7. The Morgan fingerprint density at radius 3 is 2.08 bits per heavy atom. The quantitative estimate of drug-likeness (QED) is 0.339. The SMILES string of the molecule is CCCCCCCOc1ccc(C(=O)Sc2ccc(OCC)cc2)cc1. The lowest BCUT2D eigenvalue weighted by molar-refractivity contribution is 0.108. The Bertz CT molecular complexity index is 650. The summed E-state index contributed by atoms with van der Waals surface area (Å²) in [4.78, 5) is 13.3. The molecule has 0 atom stereocenters. The normalized spacial score (nSPS) is 10.5. The Hall–Kier alpha value is -1.94. The van der Waals surface area contributed by atoms with Crippen molar-refractivity contribution in [1.82, 2.24) is 0 Å². The second-order valence-corrected chi connectivity index (χ2v) is 7.13. The molecule has 0 saturated heterocycles. The Labute approximate surface area is 161 Å². The van der Waals surface area contributed by atoms with Crippen molar-refractivity contribution in [3.05, 3.63) is 54.1 Å². The van der Waals surface area contributed by atoms with Gasteiger partial charge >= 0.3 is 0 Å². The van der Waals surface area contributed by atoms with Crippen molar-refractivity contribution < 1.29 is 14.3 Å². The highest BCUT2D eigenvalue weighted by Gasteiger charge is 2.08. The van der Waals surface area contributed by atoms with Crippen molar-refractivity contribution in [2.75, 3.05) is 13.2 Å². The highest BCUT2D eigenvalue weighted by molar-refractivity contribution is 8.14. The summed E-state index contributed by atoms with van der Waals surface area (Å²) < 4.78 is 11.2. The van der Waals surface area contributed by atoms with Gasteiger partial charge < -0.3 is 9.47 Å². The number of hydrogen-bond donors (Lipinski definition) is 0. The minimum absolute atomic E-state index is 0.0280. The number of carbonyl (C=O) groups is 1. The van der Waals surface area contributed by atoms with Crippen molar-refractivity contribution in [2.24, 2.45) is 0 Å². The molecule has 0 N–H and O–H groups in total. The molecule has 4 heteroatoms. The molecule has 3 nitrogen and oxygen atoms in total. The molecule has 0 aliphatic carbocycles. The maximum Gasteiger partial charge on any atom is 0.224 e. The Morgan fingerprint density at radius 1 is 0.808 bits per heavy atom. The molecule has 0 aromatic heterocycles. The van der Waals surface area contributed by atoms with Gasteiger partial charge in [-0.25, -0.2) is 0 Å². The van der Waals surface area contributed by atoms with E-state index >= 15 is 0 Å². The second kappa shape index (κ2) is 11.6. The first-order valence-electron chi connectivity index (χ1n) is 9.40. The first-order valence-corrected chi connectivity index (χ1v) is 10.2. The fourth-order valence-corrected chi connectivity index (χ4v) is 3.26. The van der Waals surface area contributed by atoms with E-state index in [-0.39, 0.29) is 5.12 Å². The zero-order valence-corrected chi connectivity index (χ0v) is 16.5. The molecule has 0 saturated carbocycles. The largest absolute Gasteiger partial charge is 0.494 e. The highest BCUT2D eigenvalue weighted by Crippen LogP contribution is 2.26. The topological polar surface area (TPSA) is 35.5 Å². The monoisotopic (exact) mass is 372 g/mol. The molecule has 2 aromatic rings. The molecular weight excluding hydrogens is 344 g/mol. The van der Waals surface area contributed by atoms with E-state index in [1.165, 1.54) is 37.4 Å². The van der Waals surface area contributed by atoms with Crippen LogP contribution >= 0.6 is 11.8 Å². The molecule has 2 rings (SSSR count). The van der Waals surface area contributed by atoms with E-state index in [9.17, 15) is 4.79 Å². The highest BCUT2D eigenvalue weighted by atomic mass is 32.2. The number of rotatable bonds is 11. The lowest BCUT2D eigenvalue weighted by Gasteiger charge is -2.07. The first kappa shape index (κ1) is 20.4. The molecule has 0 aliphatic rings. The average Bonchev–Trinajstić information content (AvgIpc) is 2.67. The summed E-state index contributed by atoms with van der Waals surface area (Å²) in [6, 6.07) is 15.0. The molecule has 26 heavy (non-hydrogen) atoms. The van der Waals surface area contributed by atoms with Gasteiger partial charge in [-0.15, -0.1) is 0 Å². The summed E-state index contributed by atoms with van der Waals surface area (Å²) in [7, 11) is 0. The molecule has 0 bridgehead atoms. The smallest absolute Gasteiger partial charge is 0.224 e. The van der Waals surface area contributed by atoms with Crippen LogP contribution in [-0.4, -0.2) is 18.3 Å². The van der Waals surface area contributed by atoms with Crippen molar-refractivity contribution in [2.45, 2.75) is 50.8 Å². The number of benzene rings is 2. The van der Waals surface area contributed by atoms with Crippen LogP contribution in [0.4, 0.5) is 0 Å². The number of thioether (sulfide) groups is 1. The summed E-state index contributed by atoms with van der Waals surface area (Å²) >= 11 is 1.22. The van der Waals surface area contributed by atoms with Crippen molar-refractivity contribution in [1.29, 1.82) is 0 Å². The van der Waals surface area contributed by atoms with Crippen molar-refractivity contribution in [3.63, 3.8) is 0 Å². The molecule has 0 aliphatic heterocycles. The number of unbranched alkanes of at least 4 members (excludes halogenated alkanes) is 4. The van der Waals surface area contributed by atoms with Gasteiger partial charge in [0.1, 0.15) is 11.5 Å². The van der Waals surface area contributed by atoms with E-state index in [4.69, 9.17) is 9.47 Å². The third-order valence-corrected chi connectivity index (χ3v) is 4.88. The van der Waals surface area contributed by atoms with Gasteiger partial charge in [0.2, 0.25) is 5.12 Å². The van der Waals surface area contributed by atoms with Crippen LogP contribution in [0, 0.1) is 0 Å². The van der Waals surface area contributed by atoms with Crippen LogP contribution in [0.5, 0.6) is 11.5 Å². The summed E-state index contributed by atoms with van der Waals surface area (Å²) in [6.07, 6.45) is 6.11. The van der Waals surface area contributed by atoms with Crippen LogP contribution in [0.25, 0.3) is 0 Å². The van der Waals surface area contributed by atoms with Gasteiger partial charge in [0, 0.05) is 10.5 Å². The standard InChI is InChI=1S/C22H28O3S/c1-3-5-6-7-8-17-25-20-11-9-18(10-12-20)22(23)26-21-15-13-19(14-16-21)24-4-2/h9-16H,3-8,17H2,1-2H3. The average molecular weight is 373 g/mol. The summed E-state index contributed by atoms with van der Waals surface area (Å²) in [5.74, 6) is 1.64. The maximum absolute atomic E-state index is 12.4. The van der Waals surface area contributed by atoms with Crippen LogP contribution in [0.3, 0.4) is 0 Å². The fourth-order valence-electron chi connectivity index (χ4n) is 2.52. The van der Waals surface area contributed by atoms with Crippen LogP contribution in [0.15, 0.2) is 53.4 Å². The Kier molecular flexibility index (Phi) is 9.11. The van der Waals surface area contributed by atoms with Crippen molar-refractivity contribution in [3.8, 4) is 11.5 Å². The van der Waals surface area contributed by atoms with E-state index in [1.54, 1.807) is 0 Å². The molecule has 0 radical (unpaired) electrons. The van der Waals surface area contributed by atoms with Gasteiger partial charge in [-0.1, -0.05) is 32.6 Å². The Morgan fingerprint density at radius 2 is 1.42 bits per heavy atom. The van der Waals surface area contributed by atoms with E-state index in [0.717, 1.165) is 29.4 Å². The van der Waals surface area contributed by atoms with Crippen LogP contribution in [0.1, 0.15) is 56.3 Å². The second-order valence-electron chi connectivity index (χ2n) is 6.08. The molecule has 0 unspecified atom stereocenters. The fraction of sp³-hybridized carbons (Fsp3) is 0.409. The predicted octanol–water partition coefficient (Wildman–Crippen LogP) is 6.37. The van der Waals surface area contributed by atoms with E-state index in [0.29, 0.717) is 12.2 Å². The molecule has 140 valence electrons. The lowest BCUT2D eigenvalue weighted by atomic mass is 10.2. The van der Waals surface area contributed by atoms with Crippen molar-refractivity contribution >= 4 is 16.9 Å². The van der Waals surface area contributed by atoms with Gasteiger partial charge in [0.25, 0.3) is 0 Å². The van der Waals surface area contributed by atoms with Gasteiger partial charge in [0.15, 0.2) is 0 Å². The van der Waals surface area contributed by atoms with Crippen LogP contribution in [0.2, 0.25) is 0 Å². The van der Waals surface area contributed by atoms with E-state index in [1.807, 2.05) is 55.5 Å². The van der Waals surface area contributed by atoms with Gasteiger partial charge in [0.05, 0.1) is 13.2 Å². The molecule has 0 amide bonds. The maximum atomic E-state index is 12.4. The van der Waals surface area contributed by atoms with Gasteiger partial charge in [-0.2, -0.15) is 0 Å². The minimum Gasteiger partial charge on any atom is -0.494 e. The summed E-state index contributed by atoms with van der Waals surface area (Å²) in [6.45, 7) is 5.54. The minimum atomic E-state index is 0.0280. The predicted molar refractivity (Wildman–Crippen MR) is 108 cm³/mol. The molecule has 0 spiro atoms. The summed E-state index contributed by atoms with van der Waals surface area (Å²) in [5, 5.41) is 0.0280. The molecular formula is C22H28O3S. The summed E-state index contributed by atoms with van der Waals surface area (Å²) in [5.41, 5.74) is 0.680. The van der Waals surface area contributed by atoms with E-state index in [2.05, 4.69) is 6.92 Å². The number of hydrogen-bond acceptors (Lipinski definition) is 4. The molecule has 0 fully saturated rings. The third kappa shape index (κ3) is 7.12. The van der Waals surface area contributed by atoms with Crippen LogP contribution in [-0.2, 0) is 0 Å². The number of carbonyl (C=O) groups excluding carboxylic acids is 1. The van der Waals surface area contributed by atoms with Gasteiger partial charge in [-0.3, -0.25) is 4.79 Å². The third-order valence-electron chi connectivity index (χ3n) is 3.95. The zero-order chi connectivity index (χ0) is 18.6. The number of ether oxygens (including phenoxy) is 2. The van der Waals surface area contributed by atoms with E-state index < -0.39 is 0 Å². The lowest BCUT2D eigenvalue weighted by Crippen LogP contribution is -1.98. The Balaban J connectivity index is 1.78.